The number of phenolic OH excluding ortho intramolecular Hbond substituents is 1. The fraction of sp³-hybridized carbons (Fsp3) is 0.548. The van der Waals surface area contributed by atoms with Crippen LogP contribution in [0.15, 0.2) is 66.7 Å². The van der Waals surface area contributed by atoms with E-state index >= 15 is 0 Å². The number of aliphatic hydroxyl groups excluding tert-OH is 1. The zero-order valence-electron chi connectivity index (χ0n) is 31.1. The van der Waals surface area contributed by atoms with Crippen LogP contribution in [-0.2, 0) is 15.1 Å². The second-order valence-corrected chi connectivity index (χ2v) is 15.1. The number of rotatable bonds is 21. The number of anilines is 1. The molecule has 11 heteroatoms. The molecule has 3 atom stereocenters. The highest BCUT2D eigenvalue weighted by Gasteiger charge is 2.48. The number of fused-ring (bicyclic) bond motifs is 3. The first-order valence-corrected chi connectivity index (χ1v) is 19.4. The van der Waals surface area contributed by atoms with Crippen molar-refractivity contribution in [3.8, 4) is 23.0 Å². The Morgan fingerprint density at radius 3 is 2.47 bits per heavy atom. The van der Waals surface area contributed by atoms with Crippen molar-refractivity contribution in [3.05, 3.63) is 77.9 Å². The van der Waals surface area contributed by atoms with Gasteiger partial charge in [0, 0.05) is 37.8 Å². The Balaban J connectivity index is 0.911. The number of aromatic hydroxyl groups is 1. The number of amides is 1. The number of carbonyl (C=O) groups is 1. The van der Waals surface area contributed by atoms with Crippen LogP contribution in [0, 0.1) is 11.8 Å². The molecule has 0 spiro atoms. The van der Waals surface area contributed by atoms with Crippen molar-refractivity contribution in [3.63, 3.8) is 0 Å². The number of phenols is 1. The number of nitrogens with one attached hydrogen (secondary N) is 2. The summed E-state index contributed by atoms with van der Waals surface area (Å²) >= 11 is 0. The molecular formula is C42H58N3O8+. The molecule has 1 aliphatic carbocycles. The molecule has 3 aromatic rings. The van der Waals surface area contributed by atoms with Crippen LogP contribution in [0.5, 0.6) is 23.0 Å². The predicted molar refractivity (Wildman–Crippen MR) is 203 cm³/mol. The van der Waals surface area contributed by atoms with Crippen molar-refractivity contribution in [1.29, 1.82) is 0 Å². The van der Waals surface area contributed by atoms with Gasteiger partial charge in [-0.15, -0.1) is 0 Å². The number of nitrogens with zero attached hydrogens (tertiary/aromatic N) is 1. The summed E-state index contributed by atoms with van der Waals surface area (Å²) in [5.74, 6) is 2.78. The highest BCUT2D eigenvalue weighted by molar-refractivity contribution is 5.75. The van der Waals surface area contributed by atoms with E-state index < -0.39 is 11.7 Å². The predicted octanol–water partition coefficient (Wildman–Crippen LogP) is 5.53. The van der Waals surface area contributed by atoms with Crippen molar-refractivity contribution < 1.29 is 43.5 Å². The van der Waals surface area contributed by atoms with Crippen LogP contribution in [0.4, 0.5) is 5.69 Å². The average Bonchev–Trinajstić information content (AvgIpc) is 3.75. The Hall–Kier alpha value is -3.87. The maximum Gasteiger partial charge on any atom is 0.211 e. The first-order valence-electron chi connectivity index (χ1n) is 19.4. The van der Waals surface area contributed by atoms with Gasteiger partial charge in [-0.25, -0.2) is 0 Å². The van der Waals surface area contributed by atoms with E-state index in [4.69, 9.17) is 18.9 Å². The molecule has 3 aliphatic heterocycles. The minimum Gasteiger partial charge on any atom is -0.506 e. The number of quaternary nitrogens is 1. The van der Waals surface area contributed by atoms with Crippen LogP contribution in [-0.4, -0.2) is 98.5 Å². The third-order valence-corrected chi connectivity index (χ3v) is 11.8. The van der Waals surface area contributed by atoms with E-state index in [2.05, 4.69) is 22.8 Å². The molecule has 3 saturated heterocycles. The number of aliphatic hydroxyl groups is 2. The number of ether oxygens (including phenoxy) is 4. The topological polar surface area (TPSA) is 139 Å². The summed E-state index contributed by atoms with van der Waals surface area (Å²) in [6.45, 7) is 6.83. The summed E-state index contributed by atoms with van der Waals surface area (Å²) in [7, 11) is 1.62. The molecule has 11 nitrogen and oxygen atoms in total. The molecule has 4 aliphatic rings. The first kappa shape index (κ1) is 38.8. The van der Waals surface area contributed by atoms with E-state index in [1.54, 1.807) is 19.2 Å². The fourth-order valence-corrected chi connectivity index (χ4v) is 8.65. The summed E-state index contributed by atoms with van der Waals surface area (Å²) in [6, 6.07) is 20.5. The number of hydrogen-bond donors (Lipinski definition) is 5. The summed E-state index contributed by atoms with van der Waals surface area (Å²) < 4.78 is 25.6. The fourth-order valence-electron chi connectivity index (χ4n) is 8.65. The van der Waals surface area contributed by atoms with Gasteiger partial charge < -0.3 is 49.4 Å². The maximum absolute atomic E-state index is 12.0. The normalized spacial score (nSPS) is 22.9. The Morgan fingerprint density at radius 2 is 1.72 bits per heavy atom. The summed E-state index contributed by atoms with van der Waals surface area (Å²) in [5, 5.41) is 38.0. The van der Waals surface area contributed by atoms with Gasteiger partial charge in [0.2, 0.25) is 6.41 Å². The molecule has 1 unspecified atom stereocenters. The van der Waals surface area contributed by atoms with Gasteiger partial charge in [0.25, 0.3) is 0 Å². The Kier molecular flexibility index (Phi) is 13.5. The van der Waals surface area contributed by atoms with Crippen molar-refractivity contribution in [2.45, 2.75) is 69.2 Å². The van der Waals surface area contributed by atoms with Gasteiger partial charge in [-0.05, 0) is 67.1 Å². The monoisotopic (exact) mass is 732 g/mol. The lowest BCUT2D eigenvalue weighted by Gasteiger charge is -2.53. The third-order valence-electron chi connectivity index (χ3n) is 11.8. The van der Waals surface area contributed by atoms with Crippen LogP contribution in [0.1, 0.15) is 68.6 Å². The highest BCUT2D eigenvalue weighted by Crippen LogP contribution is 2.43. The van der Waals surface area contributed by atoms with E-state index in [0.29, 0.717) is 68.7 Å². The van der Waals surface area contributed by atoms with Gasteiger partial charge in [-0.1, -0.05) is 49.2 Å². The van der Waals surface area contributed by atoms with Gasteiger partial charge in [-0.3, -0.25) is 4.79 Å². The molecule has 2 bridgehead atoms. The molecule has 53 heavy (non-hydrogen) atoms. The molecule has 3 aromatic carbocycles. The van der Waals surface area contributed by atoms with Crippen molar-refractivity contribution in [2.75, 3.05) is 71.5 Å². The molecule has 4 fully saturated rings. The zero-order valence-corrected chi connectivity index (χ0v) is 31.1. The lowest BCUT2D eigenvalue weighted by Crippen LogP contribution is -2.65. The number of hydrogen-bond acceptors (Lipinski definition) is 9. The lowest BCUT2D eigenvalue weighted by atomic mass is 9.80. The highest BCUT2D eigenvalue weighted by atomic mass is 16.5. The van der Waals surface area contributed by atoms with E-state index in [9.17, 15) is 20.1 Å². The molecule has 7 rings (SSSR count). The molecule has 288 valence electrons. The largest absolute Gasteiger partial charge is 0.506 e. The second-order valence-electron chi connectivity index (χ2n) is 15.1. The molecule has 1 amide bonds. The van der Waals surface area contributed by atoms with Gasteiger partial charge in [0.15, 0.2) is 11.5 Å². The van der Waals surface area contributed by atoms with E-state index in [-0.39, 0.29) is 23.5 Å². The van der Waals surface area contributed by atoms with Crippen LogP contribution < -0.4 is 24.8 Å². The molecule has 5 N–H and O–H groups in total. The number of carbonyl (C=O) groups excluding carboxylic acids is 1. The van der Waals surface area contributed by atoms with Crippen molar-refractivity contribution >= 4 is 12.1 Å². The standard InChI is InChI=1S/C42H57N3O8/c1-50-40-26-35(14-16-39(40)52-23-7-19-43-27-38(48)32-13-15-37(47)36(25-32)44-30-46)51-24-8-20-45-21-17-31(18-22-45)41(28-45)53-29-42(49,34-11-5-6-12-34)33-9-3-2-4-10-33/h2-4,9-10,13-16,25-26,30-31,34,38,41,43,48-49H,5-8,11-12,17-24,27-29H2,1H3,(H-,44,46,47)/p+1/t31?,38-,41-,42?,45?/m0/s1. The SMILES string of the molecule is COc1cc(OCCC[N+]23CCC(CC2)[C@@H](OCC(O)(c2ccccc2)C2CCCC2)C3)ccc1OCCCNC[C@H](O)c1ccc(O)c(NC=O)c1. The summed E-state index contributed by atoms with van der Waals surface area (Å²) in [5.41, 5.74) is 0.907. The van der Waals surface area contributed by atoms with Gasteiger partial charge in [-0.2, -0.15) is 0 Å². The quantitative estimate of drug-likeness (QED) is 0.0414. The van der Waals surface area contributed by atoms with Gasteiger partial charge in [0.1, 0.15) is 29.7 Å². The van der Waals surface area contributed by atoms with Crippen LogP contribution in [0.2, 0.25) is 0 Å². The number of piperidine rings is 3. The zero-order chi connectivity index (χ0) is 37.1. The van der Waals surface area contributed by atoms with Crippen LogP contribution >= 0.6 is 0 Å². The minimum absolute atomic E-state index is 0.0570. The van der Waals surface area contributed by atoms with Gasteiger partial charge >= 0.3 is 0 Å². The number of methoxy groups -OCH3 is 1. The Labute approximate surface area is 313 Å². The second kappa shape index (κ2) is 18.4. The summed E-state index contributed by atoms with van der Waals surface area (Å²) in [4.78, 5) is 10.7. The average molecular weight is 733 g/mol. The smallest absolute Gasteiger partial charge is 0.211 e. The molecule has 1 saturated carbocycles. The molecular weight excluding hydrogens is 674 g/mol. The lowest BCUT2D eigenvalue weighted by molar-refractivity contribution is -0.946. The van der Waals surface area contributed by atoms with E-state index in [0.717, 1.165) is 48.1 Å². The minimum atomic E-state index is -0.925. The number of benzene rings is 3. The first-order chi connectivity index (χ1) is 25.8. The van der Waals surface area contributed by atoms with Crippen LogP contribution in [0.3, 0.4) is 0 Å². The van der Waals surface area contributed by atoms with Crippen molar-refractivity contribution in [2.24, 2.45) is 11.8 Å². The van der Waals surface area contributed by atoms with Crippen molar-refractivity contribution in [1.82, 2.24) is 5.32 Å². The third kappa shape index (κ3) is 9.82. The Morgan fingerprint density at radius 1 is 0.943 bits per heavy atom. The molecule has 0 radical (unpaired) electrons. The molecule has 3 heterocycles. The van der Waals surface area contributed by atoms with E-state index in [1.807, 2.05) is 36.4 Å². The van der Waals surface area contributed by atoms with Gasteiger partial charge in [0.05, 0.1) is 58.4 Å². The van der Waals surface area contributed by atoms with Crippen LogP contribution in [0.25, 0.3) is 0 Å². The van der Waals surface area contributed by atoms with E-state index in [1.165, 1.54) is 44.8 Å². The Bertz CT molecular complexity index is 1590. The molecule has 0 aromatic heterocycles. The maximum atomic E-state index is 12.0. The summed E-state index contributed by atoms with van der Waals surface area (Å²) in [6.07, 6.45) is 8.37.